The van der Waals surface area contributed by atoms with Gasteiger partial charge in [0.25, 0.3) is 5.91 Å². The minimum absolute atomic E-state index is 0.0467. The standard InChI is InChI=1S/C16H22N6O3/c1-18-15(23)13-14(17)21-16(24-3)12(20-13)9-4-5-25-11(6-9)10-7-19-22(2)8-10/h7-9,11H,4-6H2,1-3H3,(H2,17,21)(H,18,23). The zero-order chi connectivity index (χ0) is 18.0. The maximum Gasteiger partial charge on any atom is 0.273 e. The summed E-state index contributed by atoms with van der Waals surface area (Å²) in [5.74, 6) is 0.0768. The first kappa shape index (κ1) is 17.2. The molecule has 1 aliphatic rings. The smallest absolute Gasteiger partial charge is 0.273 e. The van der Waals surface area contributed by atoms with Crippen LogP contribution in [0.4, 0.5) is 5.82 Å². The highest BCUT2D eigenvalue weighted by atomic mass is 16.5. The lowest BCUT2D eigenvalue weighted by Gasteiger charge is -2.29. The van der Waals surface area contributed by atoms with Crippen LogP contribution in [0.2, 0.25) is 0 Å². The van der Waals surface area contributed by atoms with Crippen LogP contribution in [-0.2, 0) is 11.8 Å². The molecule has 2 aromatic rings. The van der Waals surface area contributed by atoms with E-state index in [2.05, 4.69) is 20.4 Å². The SMILES string of the molecule is CNC(=O)c1nc(C2CCOC(c3cnn(C)c3)C2)c(OC)nc1N. The Morgan fingerprint density at radius 1 is 1.48 bits per heavy atom. The minimum atomic E-state index is -0.371. The van der Waals surface area contributed by atoms with Gasteiger partial charge < -0.3 is 20.5 Å². The molecule has 0 radical (unpaired) electrons. The molecule has 3 N–H and O–H groups in total. The quantitative estimate of drug-likeness (QED) is 0.840. The van der Waals surface area contributed by atoms with E-state index in [1.807, 2.05) is 13.2 Å². The van der Waals surface area contributed by atoms with Gasteiger partial charge in [0.15, 0.2) is 11.5 Å². The van der Waals surface area contributed by atoms with E-state index in [0.717, 1.165) is 12.0 Å². The highest BCUT2D eigenvalue weighted by molar-refractivity contribution is 5.96. The van der Waals surface area contributed by atoms with Crippen LogP contribution in [0.5, 0.6) is 5.88 Å². The predicted octanol–water partition coefficient (Wildman–Crippen LogP) is 0.796. The van der Waals surface area contributed by atoms with E-state index in [9.17, 15) is 4.79 Å². The number of amides is 1. The van der Waals surface area contributed by atoms with Crippen LogP contribution in [0, 0.1) is 0 Å². The third-order valence-corrected chi connectivity index (χ3v) is 4.32. The zero-order valence-corrected chi connectivity index (χ0v) is 14.5. The van der Waals surface area contributed by atoms with Crippen molar-refractivity contribution in [1.29, 1.82) is 0 Å². The van der Waals surface area contributed by atoms with Crippen LogP contribution < -0.4 is 15.8 Å². The molecule has 25 heavy (non-hydrogen) atoms. The molecule has 3 rings (SSSR count). The molecular weight excluding hydrogens is 324 g/mol. The average Bonchev–Trinajstić information content (AvgIpc) is 3.07. The van der Waals surface area contributed by atoms with Crippen molar-refractivity contribution in [2.24, 2.45) is 7.05 Å². The van der Waals surface area contributed by atoms with Crippen molar-refractivity contribution in [2.75, 3.05) is 26.5 Å². The van der Waals surface area contributed by atoms with E-state index >= 15 is 0 Å². The first-order valence-electron chi connectivity index (χ1n) is 8.07. The van der Waals surface area contributed by atoms with E-state index in [1.54, 1.807) is 10.9 Å². The van der Waals surface area contributed by atoms with Gasteiger partial charge in [-0.1, -0.05) is 0 Å². The Hall–Kier alpha value is -2.68. The minimum Gasteiger partial charge on any atom is -0.480 e. The number of anilines is 1. The highest BCUT2D eigenvalue weighted by Crippen LogP contribution is 2.39. The van der Waals surface area contributed by atoms with Gasteiger partial charge in [0.2, 0.25) is 5.88 Å². The Balaban J connectivity index is 1.92. The van der Waals surface area contributed by atoms with E-state index in [0.29, 0.717) is 24.6 Å². The largest absolute Gasteiger partial charge is 0.480 e. The predicted molar refractivity (Wildman–Crippen MR) is 90.3 cm³/mol. The van der Waals surface area contributed by atoms with Crippen LogP contribution in [0.25, 0.3) is 0 Å². The summed E-state index contributed by atoms with van der Waals surface area (Å²) in [4.78, 5) is 20.7. The van der Waals surface area contributed by atoms with E-state index < -0.39 is 0 Å². The fourth-order valence-corrected chi connectivity index (χ4v) is 3.03. The number of aromatic nitrogens is 4. The summed E-state index contributed by atoms with van der Waals surface area (Å²) in [6, 6.07) is 0. The third kappa shape index (κ3) is 3.41. The third-order valence-electron chi connectivity index (χ3n) is 4.32. The van der Waals surface area contributed by atoms with Gasteiger partial charge in [-0.15, -0.1) is 0 Å². The summed E-state index contributed by atoms with van der Waals surface area (Å²) in [7, 11) is 4.92. The number of nitrogens with one attached hydrogen (secondary N) is 1. The number of ether oxygens (including phenoxy) is 2. The molecule has 3 heterocycles. The van der Waals surface area contributed by atoms with E-state index in [-0.39, 0.29) is 29.4 Å². The van der Waals surface area contributed by atoms with Crippen molar-refractivity contribution in [3.63, 3.8) is 0 Å². The molecule has 1 fully saturated rings. The number of carbonyl (C=O) groups is 1. The van der Waals surface area contributed by atoms with Gasteiger partial charge in [-0.3, -0.25) is 9.48 Å². The Morgan fingerprint density at radius 2 is 2.28 bits per heavy atom. The second-order valence-electron chi connectivity index (χ2n) is 5.96. The molecule has 2 unspecified atom stereocenters. The van der Waals surface area contributed by atoms with Gasteiger partial charge in [0.05, 0.1) is 19.4 Å². The normalized spacial score (nSPS) is 20.3. The zero-order valence-electron chi connectivity index (χ0n) is 14.5. The van der Waals surface area contributed by atoms with Crippen molar-refractivity contribution in [1.82, 2.24) is 25.1 Å². The van der Waals surface area contributed by atoms with Crippen LogP contribution in [-0.4, -0.2) is 46.4 Å². The fourth-order valence-electron chi connectivity index (χ4n) is 3.03. The highest BCUT2D eigenvalue weighted by Gasteiger charge is 2.31. The number of methoxy groups -OCH3 is 1. The number of carbonyl (C=O) groups excluding carboxylic acids is 1. The molecule has 0 spiro atoms. The van der Waals surface area contributed by atoms with Crippen LogP contribution in [0.1, 0.15) is 46.6 Å². The molecule has 1 amide bonds. The lowest BCUT2D eigenvalue weighted by atomic mass is 9.90. The lowest BCUT2D eigenvalue weighted by molar-refractivity contribution is 0.00417. The van der Waals surface area contributed by atoms with Crippen molar-refractivity contribution in [3.8, 4) is 5.88 Å². The molecule has 2 aromatic heterocycles. The molecule has 0 bridgehead atoms. The van der Waals surface area contributed by atoms with E-state index in [1.165, 1.54) is 14.2 Å². The summed E-state index contributed by atoms with van der Waals surface area (Å²) >= 11 is 0. The van der Waals surface area contributed by atoms with Gasteiger partial charge in [-0.05, 0) is 12.8 Å². The molecule has 9 heteroatoms. The number of rotatable bonds is 4. The summed E-state index contributed by atoms with van der Waals surface area (Å²) < 4.78 is 13.0. The summed E-state index contributed by atoms with van der Waals surface area (Å²) in [6.07, 6.45) is 5.12. The van der Waals surface area contributed by atoms with Gasteiger partial charge in [0, 0.05) is 38.4 Å². The second-order valence-corrected chi connectivity index (χ2v) is 5.96. The maximum atomic E-state index is 12.0. The number of hydrogen-bond acceptors (Lipinski definition) is 7. The maximum absolute atomic E-state index is 12.0. The van der Waals surface area contributed by atoms with Crippen molar-refractivity contribution < 1.29 is 14.3 Å². The lowest BCUT2D eigenvalue weighted by Crippen LogP contribution is -2.25. The van der Waals surface area contributed by atoms with E-state index in [4.69, 9.17) is 15.2 Å². The van der Waals surface area contributed by atoms with Crippen molar-refractivity contribution >= 4 is 11.7 Å². The Morgan fingerprint density at radius 3 is 2.92 bits per heavy atom. The monoisotopic (exact) mass is 346 g/mol. The van der Waals surface area contributed by atoms with Gasteiger partial charge >= 0.3 is 0 Å². The molecule has 134 valence electrons. The Bertz CT molecular complexity index is 775. The van der Waals surface area contributed by atoms with Crippen molar-refractivity contribution in [2.45, 2.75) is 24.9 Å². The number of nitrogens with zero attached hydrogens (tertiary/aromatic N) is 4. The molecule has 0 saturated carbocycles. The number of hydrogen-bond donors (Lipinski definition) is 2. The molecule has 2 atom stereocenters. The summed E-state index contributed by atoms with van der Waals surface area (Å²) in [5, 5.41) is 6.73. The van der Waals surface area contributed by atoms with Crippen LogP contribution in [0.3, 0.4) is 0 Å². The number of nitrogens with two attached hydrogens (primary N) is 1. The summed E-state index contributed by atoms with van der Waals surface area (Å²) in [6.45, 7) is 0.578. The fraction of sp³-hybridized carbons (Fsp3) is 0.500. The van der Waals surface area contributed by atoms with Gasteiger partial charge in [0.1, 0.15) is 5.69 Å². The molecule has 0 aromatic carbocycles. The summed E-state index contributed by atoms with van der Waals surface area (Å²) in [5.41, 5.74) is 7.60. The van der Waals surface area contributed by atoms with Gasteiger partial charge in [-0.2, -0.15) is 10.1 Å². The van der Waals surface area contributed by atoms with Gasteiger partial charge in [-0.25, -0.2) is 4.98 Å². The number of nitrogen functional groups attached to an aromatic ring is 1. The molecule has 1 saturated heterocycles. The second kappa shape index (κ2) is 7.06. The topological polar surface area (TPSA) is 117 Å². The van der Waals surface area contributed by atoms with Crippen LogP contribution >= 0.6 is 0 Å². The molecule has 0 aliphatic carbocycles. The molecule has 1 aliphatic heterocycles. The van der Waals surface area contributed by atoms with Crippen LogP contribution in [0.15, 0.2) is 12.4 Å². The first-order valence-corrected chi connectivity index (χ1v) is 8.07. The average molecular weight is 346 g/mol. The molecular formula is C16H22N6O3. The first-order chi connectivity index (χ1) is 12.0. The van der Waals surface area contributed by atoms with Crippen molar-refractivity contribution in [3.05, 3.63) is 29.3 Å². The molecule has 9 nitrogen and oxygen atoms in total. The Kier molecular flexibility index (Phi) is 4.84. The number of aryl methyl sites for hydroxylation is 1. The Labute approximate surface area is 145 Å².